The van der Waals surface area contributed by atoms with Crippen LogP contribution in [0.25, 0.3) is 0 Å². The molecule has 0 unspecified atom stereocenters. The fourth-order valence-electron chi connectivity index (χ4n) is 3.88. The highest BCUT2D eigenvalue weighted by molar-refractivity contribution is 6.22. The fraction of sp³-hybridized carbons (Fsp3) is 0.409. The van der Waals surface area contributed by atoms with Crippen LogP contribution in [0.1, 0.15) is 77.9 Å². The van der Waals surface area contributed by atoms with E-state index in [9.17, 15) is 14.4 Å². The Kier molecular flexibility index (Phi) is 4.91. The van der Waals surface area contributed by atoms with Crippen LogP contribution in [0.15, 0.2) is 41.0 Å². The molecule has 0 saturated heterocycles. The lowest BCUT2D eigenvalue weighted by molar-refractivity contribution is 0.0631. The lowest BCUT2D eigenvalue weighted by atomic mass is 9.81. The van der Waals surface area contributed by atoms with Crippen molar-refractivity contribution < 1.29 is 18.8 Å². The van der Waals surface area contributed by atoms with Gasteiger partial charge in [0.05, 0.1) is 23.9 Å². The Morgan fingerprint density at radius 2 is 1.71 bits per heavy atom. The maximum atomic E-state index is 12.7. The summed E-state index contributed by atoms with van der Waals surface area (Å²) in [5, 5.41) is 3.03. The first-order valence-electron chi connectivity index (χ1n) is 9.32. The van der Waals surface area contributed by atoms with Crippen molar-refractivity contribution in [2.75, 3.05) is 0 Å². The third-order valence-electron chi connectivity index (χ3n) is 4.55. The molecule has 2 aromatic rings. The minimum Gasteiger partial charge on any atom is -0.467 e. The van der Waals surface area contributed by atoms with E-state index in [-0.39, 0.29) is 29.3 Å². The van der Waals surface area contributed by atoms with Gasteiger partial charge in [-0.05, 0) is 56.0 Å². The van der Waals surface area contributed by atoms with Gasteiger partial charge in [-0.25, -0.2) is 0 Å². The number of nitrogens with zero attached hydrogens (tertiary/aromatic N) is 1. The molecular weight excluding hydrogens is 356 g/mol. The molecule has 0 bridgehead atoms. The Labute approximate surface area is 164 Å². The summed E-state index contributed by atoms with van der Waals surface area (Å²) >= 11 is 0. The highest BCUT2D eigenvalue weighted by Crippen LogP contribution is 2.28. The number of rotatable bonds is 5. The van der Waals surface area contributed by atoms with E-state index in [1.807, 2.05) is 13.8 Å². The van der Waals surface area contributed by atoms with Crippen molar-refractivity contribution in [3.63, 3.8) is 0 Å². The SMILES string of the molecule is CC(C)(C)CC(C)(C)NC(=O)c1ccc2c(c1)C(=O)N(Cc1ccco1)C2=O. The van der Waals surface area contributed by atoms with Crippen LogP contribution in [0.2, 0.25) is 0 Å². The van der Waals surface area contributed by atoms with Crippen LogP contribution in [-0.2, 0) is 6.54 Å². The zero-order valence-electron chi connectivity index (χ0n) is 17.0. The van der Waals surface area contributed by atoms with Gasteiger partial charge in [-0.3, -0.25) is 19.3 Å². The third-order valence-corrected chi connectivity index (χ3v) is 4.55. The number of amides is 3. The highest BCUT2D eigenvalue weighted by atomic mass is 16.3. The number of imide groups is 1. The first-order valence-corrected chi connectivity index (χ1v) is 9.32. The second kappa shape index (κ2) is 6.93. The average molecular weight is 382 g/mol. The second-order valence-electron chi connectivity index (χ2n) is 9.11. The number of fused-ring (bicyclic) bond motifs is 1. The fourth-order valence-corrected chi connectivity index (χ4v) is 3.88. The van der Waals surface area contributed by atoms with Crippen molar-refractivity contribution >= 4 is 17.7 Å². The molecule has 0 fully saturated rings. The molecule has 6 heteroatoms. The van der Waals surface area contributed by atoms with Crippen LogP contribution < -0.4 is 5.32 Å². The maximum Gasteiger partial charge on any atom is 0.261 e. The van der Waals surface area contributed by atoms with E-state index < -0.39 is 11.4 Å². The number of furan rings is 1. The van der Waals surface area contributed by atoms with Gasteiger partial charge in [-0.2, -0.15) is 0 Å². The summed E-state index contributed by atoms with van der Waals surface area (Å²) in [6.45, 7) is 10.4. The summed E-state index contributed by atoms with van der Waals surface area (Å²) in [4.78, 5) is 39.1. The quantitative estimate of drug-likeness (QED) is 0.792. The number of nitrogens with one attached hydrogen (secondary N) is 1. The van der Waals surface area contributed by atoms with Crippen LogP contribution in [0, 0.1) is 5.41 Å². The van der Waals surface area contributed by atoms with E-state index in [0.717, 1.165) is 11.3 Å². The number of hydrogen-bond donors (Lipinski definition) is 1. The lowest BCUT2D eigenvalue weighted by Crippen LogP contribution is -2.45. The van der Waals surface area contributed by atoms with Crippen LogP contribution >= 0.6 is 0 Å². The summed E-state index contributed by atoms with van der Waals surface area (Å²) in [6, 6.07) is 8.04. The number of benzene rings is 1. The molecule has 1 N–H and O–H groups in total. The van der Waals surface area contributed by atoms with Crippen LogP contribution in [-0.4, -0.2) is 28.2 Å². The van der Waals surface area contributed by atoms with Gasteiger partial charge < -0.3 is 9.73 Å². The van der Waals surface area contributed by atoms with Crippen LogP contribution in [0.5, 0.6) is 0 Å². The standard InChI is InChI=1S/C22H26N2O4/c1-21(2,3)13-22(4,5)23-18(25)14-8-9-16-17(11-14)20(27)24(19(16)26)12-15-7-6-10-28-15/h6-11H,12-13H2,1-5H3,(H,23,25). The van der Waals surface area contributed by atoms with Gasteiger partial charge in [0.1, 0.15) is 5.76 Å². The van der Waals surface area contributed by atoms with E-state index in [2.05, 4.69) is 26.1 Å². The minimum atomic E-state index is -0.417. The van der Waals surface area contributed by atoms with E-state index >= 15 is 0 Å². The maximum absolute atomic E-state index is 12.7. The van der Waals surface area contributed by atoms with E-state index in [4.69, 9.17) is 4.42 Å². The molecule has 148 valence electrons. The van der Waals surface area contributed by atoms with Gasteiger partial charge in [-0.15, -0.1) is 0 Å². The van der Waals surface area contributed by atoms with Gasteiger partial charge in [0, 0.05) is 11.1 Å². The molecule has 3 rings (SSSR count). The summed E-state index contributed by atoms with van der Waals surface area (Å²) in [7, 11) is 0. The van der Waals surface area contributed by atoms with Gasteiger partial charge >= 0.3 is 0 Å². The molecule has 6 nitrogen and oxygen atoms in total. The summed E-state index contributed by atoms with van der Waals surface area (Å²) < 4.78 is 5.24. The zero-order chi connectivity index (χ0) is 20.7. The monoisotopic (exact) mass is 382 g/mol. The molecule has 0 saturated carbocycles. The highest BCUT2D eigenvalue weighted by Gasteiger charge is 2.37. The van der Waals surface area contributed by atoms with Crippen LogP contribution in [0.4, 0.5) is 0 Å². The lowest BCUT2D eigenvalue weighted by Gasteiger charge is -2.33. The molecule has 0 aliphatic carbocycles. The topological polar surface area (TPSA) is 79.6 Å². The van der Waals surface area contributed by atoms with Crippen molar-refractivity contribution in [1.29, 1.82) is 0 Å². The Balaban J connectivity index is 1.79. The predicted octanol–water partition coefficient (Wildman–Crippen LogP) is 4.02. The van der Waals surface area contributed by atoms with Crippen molar-refractivity contribution in [2.45, 2.75) is 53.1 Å². The molecule has 1 aromatic carbocycles. The normalized spacial score (nSPS) is 14.4. The number of hydrogen-bond acceptors (Lipinski definition) is 4. The number of carbonyl (C=O) groups excluding carboxylic acids is 3. The van der Waals surface area contributed by atoms with Crippen molar-refractivity contribution in [1.82, 2.24) is 10.2 Å². The van der Waals surface area contributed by atoms with Gasteiger partial charge in [0.25, 0.3) is 17.7 Å². The minimum absolute atomic E-state index is 0.0590. The molecule has 3 amide bonds. The zero-order valence-corrected chi connectivity index (χ0v) is 17.0. The summed E-state index contributed by atoms with van der Waals surface area (Å²) in [5.74, 6) is -0.533. The van der Waals surface area contributed by atoms with Crippen molar-refractivity contribution in [3.05, 3.63) is 59.0 Å². The molecule has 1 aromatic heterocycles. The van der Waals surface area contributed by atoms with Crippen molar-refractivity contribution in [2.24, 2.45) is 5.41 Å². The first kappa shape index (κ1) is 19.9. The smallest absolute Gasteiger partial charge is 0.261 e. The summed E-state index contributed by atoms with van der Waals surface area (Å²) in [6.07, 6.45) is 2.29. The van der Waals surface area contributed by atoms with E-state index in [1.54, 1.807) is 24.3 Å². The Morgan fingerprint density at radius 3 is 2.32 bits per heavy atom. The van der Waals surface area contributed by atoms with E-state index in [1.165, 1.54) is 12.3 Å². The van der Waals surface area contributed by atoms with Crippen LogP contribution in [0.3, 0.4) is 0 Å². The molecule has 1 aliphatic heterocycles. The van der Waals surface area contributed by atoms with Crippen molar-refractivity contribution in [3.8, 4) is 0 Å². The molecular formula is C22H26N2O4. The Morgan fingerprint density at radius 1 is 1.04 bits per heavy atom. The molecule has 0 radical (unpaired) electrons. The molecule has 2 heterocycles. The van der Waals surface area contributed by atoms with E-state index in [0.29, 0.717) is 16.9 Å². The molecule has 28 heavy (non-hydrogen) atoms. The second-order valence-corrected chi connectivity index (χ2v) is 9.11. The molecule has 0 spiro atoms. The predicted molar refractivity (Wildman–Crippen MR) is 105 cm³/mol. The molecule has 1 aliphatic rings. The summed E-state index contributed by atoms with van der Waals surface area (Å²) in [5.41, 5.74) is 0.574. The first-order chi connectivity index (χ1) is 13.0. The Bertz CT molecular complexity index is 921. The van der Waals surface area contributed by atoms with Gasteiger partial charge in [0.2, 0.25) is 0 Å². The Hall–Kier alpha value is -2.89. The van der Waals surface area contributed by atoms with Gasteiger partial charge in [0.15, 0.2) is 0 Å². The average Bonchev–Trinajstić information content (AvgIpc) is 3.15. The largest absolute Gasteiger partial charge is 0.467 e. The third kappa shape index (κ3) is 4.16. The van der Waals surface area contributed by atoms with Gasteiger partial charge in [-0.1, -0.05) is 20.8 Å². The number of carbonyl (C=O) groups is 3. The molecule has 0 atom stereocenters.